The topological polar surface area (TPSA) is 46.5 Å². The molecule has 0 saturated heterocycles. The van der Waals surface area contributed by atoms with Crippen molar-refractivity contribution in [2.24, 2.45) is 0 Å². The maximum Gasteiger partial charge on any atom is 0.365 e. The molecule has 0 fully saturated rings. The third kappa shape index (κ3) is 2.91. The van der Waals surface area contributed by atoms with Gasteiger partial charge in [0.2, 0.25) is 5.83 Å². The van der Waals surface area contributed by atoms with Gasteiger partial charge in [-0.05, 0) is 48.9 Å². The molecule has 0 atom stereocenters. The number of allylic oxidation sites excluding steroid dienone is 2. The summed E-state index contributed by atoms with van der Waals surface area (Å²) in [5.74, 6) is -2.19. The van der Waals surface area contributed by atoms with Gasteiger partial charge < -0.3 is 9.84 Å². The Bertz CT molecular complexity index is 669. The summed E-state index contributed by atoms with van der Waals surface area (Å²) in [6.07, 6.45) is 4.99. The summed E-state index contributed by atoms with van der Waals surface area (Å²) in [7, 11) is 0. The number of ether oxygens (including phenoxy) is 1. The van der Waals surface area contributed by atoms with Crippen LogP contribution in [0.5, 0.6) is 5.75 Å². The van der Waals surface area contributed by atoms with Gasteiger partial charge >= 0.3 is 5.97 Å². The number of carbonyl (C=O) groups is 1. The zero-order chi connectivity index (χ0) is 16.5. The molecule has 0 aromatic heterocycles. The van der Waals surface area contributed by atoms with E-state index in [-0.39, 0.29) is 11.0 Å². The van der Waals surface area contributed by atoms with Crippen molar-refractivity contribution in [1.82, 2.24) is 0 Å². The molecule has 4 heteroatoms. The number of hydrogen-bond donors (Lipinski definition) is 1. The average molecular weight is 304 g/mol. The Hall–Kier alpha value is -2.10. The first kappa shape index (κ1) is 16.3. The molecule has 1 aromatic rings. The fourth-order valence-electron chi connectivity index (χ4n) is 2.76. The van der Waals surface area contributed by atoms with Crippen molar-refractivity contribution in [3.63, 3.8) is 0 Å². The molecule has 0 heterocycles. The molecule has 0 saturated carbocycles. The summed E-state index contributed by atoms with van der Waals surface area (Å²) in [6, 6.07) is 3.73. The number of carboxylic acid groups (broad SMARTS) is 1. The zero-order valence-electron chi connectivity index (χ0n) is 13.4. The maximum atomic E-state index is 13.8. The minimum absolute atomic E-state index is 0.0303. The van der Waals surface area contributed by atoms with Gasteiger partial charge in [0.15, 0.2) is 0 Å². The highest BCUT2D eigenvalue weighted by atomic mass is 19.1. The molecule has 1 aliphatic carbocycles. The third-order valence-electron chi connectivity index (χ3n) is 4.03. The molecule has 1 aliphatic rings. The van der Waals surface area contributed by atoms with Crippen LogP contribution in [0.15, 0.2) is 24.0 Å². The Morgan fingerprint density at radius 1 is 1.41 bits per heavy atom. The average Bonchev–Trinajstić information content (AvgIpc) is 2.45. The second-order valence-corrected chi connectivity index (χ2v) is 6.10. The first-order valence-electron chi connectivity index (χ1n) is 7.36. The van der Waals surface area contributed by atoms with E-state index >= 15 is 0 Å². The summed E-state index contributed by atoms with van der Waals surface area (Å²) in [5.41, 5.74) is 2.65. The fourth-order valence-corrected chi connectivity index (χ4v) is 2.76. The second-order valence-electron chi connectivity index (χ2n) is 6.10. The van der Waals surface area contributed by atoms with Gasteiger partial charge in [0.1, 0.15) is 5.75 Å². The van der Waals surface area contributed by atoms with Gasteiger partial charge in [-0.2, -0.15) is 4.39 Å². The number of halogens is 1. The van der Waals surface area contributed by atoms with Crippen molar-refractivity contribution in [3.8, 4) is 5.75 Å². The predicted molar refractivity (Wildman–Crippen MR) is 85.6 cm³/mol. The van der Waals surface area contributed by atoms with Gasteiger partial charge in [0, 0.05) is 11.1 Å². The van der Waals surface area contributed by atoms with Gasteiger partial charge in [0.25, 0.3) is 0 Å². The molecule has 118 valence electrons. The molecule has 22 heavy (non-hydrogen) atoms. The van der Waals surface area contributed by atoms with Crippen LogP contribution < -0.4 is 4.74 Å². The summed E-state index contributed by atoms with van der Waals surface area (Å²) in [5, 5.41) is 8.87. The van der Waals surface area contributed by atoms with Crippen LogP contribution in [0.3, 0.4) is 0 Å². The van der Waals surface area contributed by atoms with E-state index in [0.29, 0.717) is 17.9 Å². The Labute approximate surface area is 130 Å². The van der Waals surface area contributed by atoms with Crippen LogP contribution in [0.1, 0.15) is 50.8 Å². The Morgan fingerprint density at radius 2 is 2.09 bits per heavy atom. The van der Waals surface area contributed by atoms with Crippen molar-refractivity contribution in [2.45, 2.75) is 39.5 Å². The predicted octanol–water partition coefficient (Wildman–Crippen LogP) is 4.56. The van der Waals surface area contributed by atoms with Crippen LogP contribution in [0, 0.1) is 0 Å². The number of benzene rings is 1. The number of aliphatic carboxylic acids is 1. The molecule has 1 N–H and O–H groups in total. The minimum Gasteiger partial charge on any atom is -0.493 e. The van der Waals surface area contributed by atoms with Crippen LogP contribution in [0.2, 0.25) is 0 Å². The van der Waals surface area contributed by atoms with E-state index in [2.05, 4.69) is 19.9 Å². The monoisotopic (exact) mass is 304 g/mol. The number of fused-ring (bicyclic) bond motifs is 1. The second kappa shape index (κ2) is 5.95. The van der Waals surface area contributed by atoms with Crippen molar-refractivity contribution in [2.75, 3.05) is 6.61 Å². The van der Waals surface area contributed by atoms with Crippen LogP contribution in [-0.4, -0.2) is 17.7 Å². The quantitative estimate of drug-likeness (QED) is 0.829. The fraction of sp³-hybridized carbons (Fsp3) is 0.389. The third-order valence-corrected chi connectivity index (χ3v) is 4.03. The van der Waals surface area contributed by atoms with Crippen LogP contribution in [-0.2, 0) is 10.2 Å². The number of rotatable bonds is 4. The van der Waals surface area contributed by atoms with Crippen molar-refractivity contribution < 1.29 is 19.0 Å². The van der Waals surface area contributed by atoms with Crippen molar-refractivity contribution >= 4 is 17.6 Å². The van der Waals surface area contributed by atoms with Gasteiger partial charge in [0.05, 0.1) is 6.61 Å². The lowest BCUT2D eigenvalue weighted by molar-refractivity contribution is -0.134. The molecular weight excluding hydrogens is 283 g/mol. The molecule has 1 aromatic carbocycles. The van der Waals surface area contributed by atoms with E-state index < -0.39 is 11.8 Å². The van der Waals surface area contributed by atoms with E-state index in [1.807, 2.05) is 25.1 Å². The van der Waals surface area contributed by atoms with Crippen LogP contribution in [0.25, 0.3) is 11.6 Å². The summed E-state index contributed by atoms with van der Waals surface area (Å²) in [4.78, 5) is 10.9. The first-order valence-corrected chi connectivity index (χ1v) is 7.36. The maximum absolute atomic E-state index is 13.8. The number of carboxylic acids is 1. The lowest BCUT2D eigenvalue weighted by Gasteiger charge is -2.30. The molecule has 3 nitrogen and oxygen atoms in total. The first-order chi connectivity index (χ1) is 10.3. The van der Waals surface area contributed by atoms with Crippen LogP contribution >= 0.6 is 0 Å². The van der Waals surface area contributed by atoms with E-state index in [4.69, 9.17) is 9.84 Å². The summed E-state index contributed by atoms with van der Waals surface area (Å²) < 4.78 is 19.4. The van der Waals surface area contributed by atoms with E-state index in [1.54, 1.807) is 0 Å². The molecule has 0 aliphatic heterocycles. The lowest BCUT2D eigenvalue weighted by atomic mass is 9.75. The molecular formula is C18H21FO3. The smallest absolute Gasteiger partial charge is 0.365 e. The molecule has 0 spiro atoms. The highest BCUT2D eigenvalue weighted by molar-refractivity contribution is 5.94. The standard InChI is InChI=1S/C18H21FO3/c1-5-22-15-10-14-12(7-6-8-18(14,3)4)9-13(15)11(2)16(19)17(20)21/h6-7,9-10H,5,8H2,1-4H3,(H,20,21)/b16-11+. The van der Waals surface area contributed by atoms with Crippen LogP contribution in [0.4, 0.5) is 4.39 Å². The molecule has 0 radical (unpaired) electrons. The Kier molecular flexibility index (Phi) is 4.40. The van der Waals surface area contributed by atoms with Gasteiger partial charge in [-0.1, -0.05) is 26.0 Å². The normalized spacial score (nSPS) is 16.8. The van der Waals surface area contributed by atoms with Crippen molar-refractivity contribution in [1.29, 1.82) is 0 Å². The van der Waals surface area contributed by atoms with Gasteiger partial charge in [-0.3, -0.25) is 0 Å². The van der Waals surface area contributed by atoms with Gasteiger partial charge in [-0.15, -0.1) is 0 Å². The molecule has 0 amide bonds. The minimum atomic E-state index is -1.56. The summed E-state index contributed by atoms with van der Waals surface area (Å²) >= 11 is 0. The van der Waals surface area contributed by atoms with Crippen molar-refractivity contribution in [3.05, 3.63) is 40.7 Å². The summed E-state index contributed by atoms with van der Waals surface area (Å²) in [6.45, 7) is 8.03. The highest BCUT2D eigenvalue weighted by Crippen LogP contribution is 2.41. The van der Waals surface area contributed by atoms with E-state index in [0.717, 1.165) is 17.5 Å². The number of hydrogen-bond acceptors (Lipinski definition) is 2. The Morgan fingerprint density at radius 3 is 2.68 bits per heavy atom. The molecule has 0 bridgehead atoms. The SMILES string of the molecule is CCOc1cc2c(cc1/C(C)=C(/F)C(=O)O)C=CCC2(C)C. The molecule has 0 unspecified atom stereocenters. The van der Waals surface area contributed by atoms with Gasteiger partial charge in [-0.25, -0.2) is 4.79 Å². The lowest BCUT2D eigenvalue weighted by Crippen LogP contribution is -2.20. The van der Waals surface area contributed by atoms with E-state index in [1.165, 1.54) is 6.92 Å². The van der Waals surface area contributed by atoms with E-state index in [9.17, 15) is 9.18 Å². The Balaban J connectivity index is 2.68. The molecule has 2 rings (SSSR count). The highest BCUT2D eigenvalue weighted by Gasteiger charge is 2.27. The largest absolute Gasteiger partial charge is 0.493 e. The zero-order valence-corrected chi connectivity index (χ0v) is 13.4.